The van der Waals surface area contributed by atoms with Crippen LogP contribution in [0, 0.1) is 17.8 Å². The van der Waals surface area contributed by atoms with Crippen LogP contribution in [-0.4, -0.2) is 23.5 Å². The lowest BCUT2D eigenvalue weighted by Gasteiger charge is -2.28. The van der Waals surface area contributed by atoms with Gasteiger partial charge in [-0.2, -0.15) is 0 Å². The Kier molecular flexibility index (Phi) is 7.63. The number of carboxylic acids is 1. The summed E-state index contributed by atoms with van der Waals surface area (Å²) in [7, 11) is 0. The van der Waals surface area contributed by atoms with Crippen molar-refractivity contribution < 1.29 is 14.7 Å². The van der Waals surface area contributed by atoms with E-state index in [4.69, 9.17) is 5.11 Å². The molecule has 1 rings (SSSR count). The van der Waals surface area contributed by atoms with Crippen molar-refractivity contribution >= 4 is 11.9 Å². The van der Waals surface area contributed by atoms with Crippen LogP contribution in [0.3, 0.4) is 0 Å². The van der Waals surface area contributed by atoms with E-state index in [0.29, 0.717) is 24.8 Å². The molecule has 4 heteroatoms. The van der Waals surface area contributed by atoms with Crippen LogP contribution in [0.25, 0.3) is 0 Å². The third-order valence-electron chi connectivity index (χ3n) is 4.32. The Morgan fingerprint density at radius 2 is 1.85 bits per heavy atom. The van der Waals surface area contributed by atoms with Crippen LogP contribution < -0.4 is 5.32 Å². The topological polar surface area (TPSA) is 66.4 Å². The van der Waals surface area contributed by atoms with Crippen molar-refractivity contribution in [2.45, 2.75) is 65.2 Å². The molecule has 1 amide bonds. The molecule has 0 aromatic heterocycles. The van der Waals surface area contributed by atoms with Crippen molar-refractivity contribution in [1.29, 1.82) is 0 Å². The predicted molar refractivity (Wildman–Crippen MR) is 79.4 cm³/mol. The van der Waals surface area contributed by atoms with E-state index in [1.807, 2.05) is 0 Å². The third kappa shape index (κ3) is 6.40. The summed E-state index contributed by atoms with van der Waals surface area (Å²) < 4.78 is 0. The van der Waals surface area contributed by atoms with Crippen molar-refractivity contribution in [2.75, 3.05) is 6.54 Å². The van der Waals surface area contributed by atoms with Crippen molar-refractivity contribution in [3.8, 4) is 0 Å². The lowest BCUT2D eigenvalue weighted by molar-refractivity contribution is -0.137. The Labute approximate surface area is 122 Å². The fourth-order valence-corrected chi connectivity index (χ4v) is 3.05. The summed E-state index contributed by atoms with van der Waals surface area (Å²) in [6.07, 6.45) is 8.08. The highest BCUT2D eigenvalue weighted by Gasteiger charge is 2.26. The van der Waals surface area contributed by atoms with Crippen LogP contribution in [0.4, 0.5) is 0 Å². The SMILES string of the molecule is CC(C)C(CC1CCCCC1)C(=O)NCCCC(=O)O. The van der Waals surface area contributed by atoms with E-state index in [0.717, 1.165) is 6.42 Å². The summed E-state index contributed by atoms with van der Waals surface area (Å²) in [5, 5.41) is 11.5. The number of rotatable bonds is 8. The summed E-state index contributed by atoms with van der Waals surface area (Å²) in [5.74, 6) is 0.415. The number of aliphatic carboxylic acids is 1. The lowest BCUT2D eigenvalue weighted by Crippen LogP contribution is -2.35. The Morgan fingerprint density at radius 3 is 2.40 bits per heavy atom. The van der Waals surface area contributed by atoms with E-state index in [9.17, 15) is 9.59 Å². The maximum absolute atomic E-state index is 12.2. The second-order valence-electron chi connectivity index (χ2n) is 6.38. The van der Waals surface area contributed by atoms with E-state index in [-0.39, 0.29) is 18.2 Å². The fourth-order valence-electron chi connectivity index (χ4n) is 3.05. The molecule has 0 aromatic carbocycles. The molecule has 20 heavy (non-hydrogen) atoms. The maximum Gasteiger partial charge on any atom is 0.303 e. The fraction of sp³-hybridized carbons (Fsp3) is 0.875. The Morgan fingerprint density at radius 1 is 1.20 bits per heavy atom. The van der Waals surface area contributed by atoms with E-state index >= 15 is 0 Å². The molecule has 1 aliphatic carbocycles. The van der Waals surface area contributed by atoms with Gasteiger partial charge in [-0.25, -0.2) is 0 Å². The van der Waals surface area contributed by atoms with Gasteiger partial charge in [0.25, 0.3) is 0 Å². The zero-order valence-electron chi connectivity index (χ0n) is 12.9. The van der Waals surface area contributed by atoms with E-state index < -0.39 is 5.97 Å². The first-order valence-electron chi connectivity index (χ1n) is 8.00. The van der Waals surface area contributed by atoms with E-state index in [1.54, 1.807) is 0 Å². The van der Waals surface area contributed by atoms with Gasteiger partial charge in [0.2, 0.25) is 5.91 Å². The normalized spacial score (nSPS) is 17.9. The Hall–Kier alpha value is -1.06. The van der Waals surface area contributed by atoms with Gasteiger partial charge in [-0.3, -0.25) is 9.59 Å². The first-order valence-corrected chi connectivity index (χ1v) is 8.00. The van der Waals surface area contributed by atoms with Crippen LogP contribution in [0.15, 0.2) is 0 Å². The molecule has 0 spiro atoms. The zero-order valence-corrected chi connectivity index (χ0v) is 12.9. The maximum atomic E-state index is 12.2. The smallest absolute Gasteiger partial charge is 0.303 e. The number of carbonyl (C=O) groups excluding carboxylic acids is 1. The number of hydrogen-bond acceptors (Lipinski definition) is 2. The minimum atomic E-state index is -0.804. The molecule has 1 saturated carbocycles. The highest BCUT2D eigenvalue weighted by molar-refractivity contribution is 5.78. The highest BCUT2D eigenvalue weighted by atomic mass is 16.4. The average molecular weight is 283 g/mol. The zero-order chi connectivity index (χ0) is 15.0. The molecule has 0 aromatic rings. The number of amides is 1. The van der Waals surface area contributed by atoms with Crippen LogP contribution in [-0.2, 0) is 9.59 Å². The Bertz CT molecular complexity index is 309. The molecule has 116 valence electrons. The predicted octanol–water partition coefficient (Wildman–Crippen LogP) is 3.21. The number of carboxylic acid groups (broad SMARTS) is 1. The number of carbonyl (C=O) groups is 2. The molecular weight excluding hydrogens is 254 g/mol. The molecule has 0 aliphatic heterocycles. The minimum Gasteiger partial charge on any atom is -0.481 e. The number of nitrogens with one attached hydrogen (secondary N) is 1. The molecule has 1 atom stereocenters. The van der Waals surface area contributed by atoms with Crippen LogP contribution in [0.2, 0.25) is 0 Å². The third-order valence-corrected chi connectivity index (χ3v) is 4.32. The molecule has 0 saturated heterocycles. The van der Waals surface area contributed by atoms with Gasteiger partial charge < -0.3 is 10.4 Å². The quantitative estimate of drug-likeness (QED) is 0.672. The number of hydrogen-bond donors (Lipinski definition) is 2. The molecule has 0 radical (unpaired) electrons. The van der Waals surface area contributed by atoms with Crippen LogP contribution >= 0.6 is 0 Å². The second-order valence-corrected chi connectivity index (χ2v) is 6.38. The first-order chi connectivity index (χ1) is 9.50. The molecule has 4 nitrogen and oxygen atoms in total. The highest BCUT2D eigenvalue weighted by Crippen LogP contribution is 2.31. The minimum absolute atomic E-state index is 0.0722. The van der Waals surface area contributed by atoms with Gasteiger partial charge in [0.1, 0.15) is 0 Å². The van der Waals surface area contributed by atoms with Crippen LogP contribution in [0.5, 0.6) is 0 Å². The van der Waals surface area contributed by atoms with E-state index in [1.165, 1.54) is 32.1 Å². The van der Waals surface area contributed by atoms with Crippen molar-refractivity contribution in [3.63, 3.8) is 0 Å². The molecule has 1 unspecified atom stereocenters. The first kappa shape index (κ1) is 17.0. The molecular formula is C16H29NO3. The van der Waals surface area contributed by atoms with E-state index in [2.05, 4.69) is 19.2 Å². The standard InChI is InChI=1S/C16H29NO3/c1-12(2)14(11-13-7-4-3-5-8-13)16(20)17-10-6-9-15(18)19/h12-14H,3-11H2,1-2H3,(H,17,20)(H,18,19). The molecule has 1 aliphatic rings. The average Bonchev–Trinajstić information content (AvgIpc) is 2.41. The van der Waals surface area contributed by atoms with Gasteiger partial charge in [-0.1, -0.05) is 46.0 Å². The van der Waals surface area contributed by atoms with Gasteiger partial charge in [-0.15, -0.1) is 0 Å². The molecule has 1 fully saturated rings. The van der Waals surface area contributed by atoms with Gasteiger partial charge in [0.05, 0.1) is 0 Å². The van der Waals surface area contributed by atoms with Gasteiger partial charge >= 0.3 is 5.97 Å². The summed E-state index contributed by atoms with van der Waals surface area (Å²) in [4.78, 5) is 22.7. The summed E-state index contributed by atoms with van der Waals surface area (Å²) in [6, 6.07) is 0. The summed E-state index contributed by atoms with van der Waals surface area (Å²) in [6.45, 7) is 4.67. The molecule has 0 heterocycles. The monoisotopic (exact) mass is 283 g/mol. The van der Waals surface area contributed by atoms with Gasteiger partial charge in [0.15, 0.2) is 0 Å². The summed E-state index contributed by atoms with van der Waals surface area (Å²) >= 11 is 0. The molecule has 0 bridgehead atoms. The molecule has 2 N–H and O–H groups in total. The van der Waals surface area contributed by atoms with Crippen molar-refractivity contribution in [3.05, 3.63) is 0 Å². The van der Waals surface area contributed by atoms with Crippen LogP contribution in [0.1, 0.15) is 65.2 Å². The largest absolute Gasteiger partial charge is 0.481 e. The lowest BCUT2D eigenvalue weighted by atomic mass is 9.79. The van der Waals surface area contributed by atoms with Crippen molar-refractivity contribution in [2.24, 2.45) is 17.8 Å². The summed E-state index contributed by atoms with van der Waals surface area (Å²) in [5.41, 5.74) is 0. The van der Waals surface area contributed by atoms with Gasteiger partial charge in [0, 0.05) is 18.9 Å². The second kappa shape index (κ2) is 8.98. The van der Waals surface area contributed by atoms with Crippen molar-refractivity contribution in [1.82, 2.24) is 5.32 Å². The van der Waals surface area contributed by atoms with Gasteiger partial charge in [-0.05, 0) is 24.7 Å². The Balaban J connectivity index is 2.35.